The average Bonchev–Trinajstić information content (AvgIpc) is 2.94. The SMILES string of the molecule is O=S(=O)(CCCCNC1CC1)NC1CC2CCC1O2. The molecule has 0 radical (unpaired) electrons. The molecule has 0 amide bonds. The standard InChI is InChI=1S/C13H24N2O3S/c16-19(17,8-2-1-7-14-10-3-4-10)15-12-9-11-5-6-13(12)18-11/h10-15H,1-9H2. The van der Waals surface area contributed by atoms with E-state index in [0.29, 0.717) is 12.1 Å². The van der Waals surface area contributed by atoms with Crippen molar-refractivity contribution in [1.29, 1.82) is 0 Å². The van der Waals surface area contributed by atoms with Gasteiger partial charge in [0.2, 0.25) is 10.0 Å². The van der Waals surface area contributed by atoms with Gasteiger partial charge in [0.25, 0.3) is 0 Å². The fraction of sp³-hybridized carbons (Fsp3) is 1.00. The van der Waals surface area contributed by atoms with Gasteiger partial charge in [0.1, 0.15) is 0 Å². The zero-order valence-corrected chi connectivity index (χ0v) is 12.1. The van der Waals surface area contributed by atoms with E-state index in [-0.39, 0.29) is 17.9 Å². The van der Waals surface area contributed by atoms with E-state index in [1.54, 1.807) is 0 Å². The Balaban J connectivity index is 1.34. The molecule has 2 N–H and O–H groups in total. The molecule has 3 aliphatic rings. The molecule has 3 atom stereocenters. The van der Waals surface area contributed by atoms with Crippen LogP contribution in [0.3, 0.4) is 0 Å². The van der Waals surface area contributed by atoms with E-state index in [4.69, 9.17) is 4.74 Å². The molecule has 5 nitrogen and oxygen atoms in total. The molecule has 3 rings (SSSR count). The lowest BCUT2D eigenvalue weighted by atomic mass is 9.96. The summed E-state index contributed by atoms with van der Waals surface area (Å²) in [5.41, 5.74) is 0. The molecule has 2 heterocycles. The van der Waals surface area contributed by atoms with Crippen LogP contribution < -0.4 is 10.0 Å². The summed E-state index contributed by atoms with van der Waals surface area (Å²) in [7, 11) is -3.13. The summed E-state index contributed by atoms with van der Waals surface area (Å²) < 4.78 is 32.5. The number of nitrogens with one attached hydrogen (secondary N) is 2. The van der Waals surface area contributed by atoms with Gasteiger partial charge in [-0.3, -0.25) is 0 Å². The quantitative estimate of drug-likeness (QED) is 0.647. The molecule has 6 heteroatoms. The summed E-state index contributed by atoms with van der Waals surface area (Å²) in [4.78, 5) is 0. The van der Waals surface area contributed by atoms with Crippen LogP contribution in [-0.2, 0) is 14.8 Å². The number of hydrogen-bond acceptors (Lipinski definition) is 4. The van der Waals surface area contributed by atoms with Crippen LogP contribution in [0.1, 0.15) is 44.9 Å². The van der Waals surface area contributed by atoms with Crippen molar-refractivity contribution in [1.82, 2.24) is 10.0 Å². The Hall–Kier alpha value is -0.170. The van der Waals surface area contributed by atoms with E-state index in [1.807, 2.05) is 0 Å². The van der Waals surface area contributed by atoms with E-state index in [1.165, 1.54) is 12.8 Å². The lowest BCUT2D eigenvalue weighted by Gasteiger charge is -2.19. The first kappa shape index (κ1) is 13.8. The molecule has 19 heavy (non-hydrogen) atoms. The highest BCUT2D eigenvalue weighted by molar-refractivity contribution is 7.89. The van der Waals surface area contributed by atoms with Crippen molar-refractivity contribution in [2.45, 2.75) is 69.2 Å². The van der Waals surface area contributed by atoms with Gasteiger partial charge in [0.15, 0.2) is 0 Å². The largest absolute Gasteiger partial charge is 0.373 e. The minimum absolute atomic E-state index is 0.0216. The van der Waals surface area contributed by atoms with Crippen molar-refractivity contribution in [3.05, 3.63) is 0 Å². The van der Waals surface area contributed by atoms with Gasteiger partial charge in [0.05, 0.1) is 24.0 Å². The van der Waals surface area contributed by atoms with Gasteiger partial charge >= 0.3 is 0 Å². The zero-order valence-electron chi connectivity index (χ0n) is 11.3. The number of fused-ring (bicyclic) bond motifs is 2. The first-order valence-electron chi connectivity index (χ1n) is 7.51. The molecule has 3 unspecified atom stereocenters. The molecule has 2 saturated heterocycles. The van der Waals surface area contributed by atoms with Gasteiger partial charge < -0.3 is 10.1 Å². The molecule has 0 aromatic heterocycles. The maximum atomic E-state index is 12.0. The topological polar surface area (TPSA) is 67.4 Å². The lowest BCUT2D eigenvalue weighted by molar-refractivity contribution is 0.0996. The number of hydrogen-bond donors (Lipinski definition) is 2. The van der Waals surface area contributed by atoms with Crippen molar-refractivity contribution in [3.8, 4) is 0 Å². The van der Waals surface area contributed by atoms with E-state index in [9.17, 15) is 8.42 Å². The second-order valence-electron chi connectivity index (χ2n) is 6.09. The molecule has 0 aromatic rings. The van der Waals surface area contributed by atoms with Crippen LogP contribution in [0, 0.1) is 0 Å². The van der Waals surface area contributed by atoms with Crippen molar-refractivity contribution in [2.75, 3.05) is 12.3 Å². The van der Waals surface area contributed by atoms with Crippen LogP contribution in [0.4, 0.5) is 0 Å². The summed E-state index contributed by atoms with van der Waals surface area (Å²) >= 11 is 0. The van der Waals surface area contributed by atoms with E-state index in [0.717, 1.165) is 38.6 Å². The molecule has 110 valence electrons. The Labute approximate surface area is 115 Å². The first-order chi connectivity index (χ1) is 9.12. The Morgan fingerprint density at radius 1 is 1.11 bits per heavy atom. The Kier molecular flexibility index (Phi) is 4.12. The van der Waals surface area contributed by atoms with E-state index < -0.39 is 10.0 Å². The van der Waals surface area contributed by atoms with E-state index in [2.05, 4.69) is 10.0 Å². The van der Waals surface area contributed by atoms with Crippen molar-refractivity contribution in [3.63, 3.8) is 0 Å². The summed E-state index contributed by atoms with van der Waals surface area (Å²) in [5.74, 6) is 0.243. The summed E-state index contributed by atoms with van der Waals surface area (Å²) in [6.07, 6.45) is 7.60. The third-order valence-electron chi connectivity index (χ3n) is 4.29. The molecule has 3 fully saturated rings. The van der Waals surface area contributed by atoms with Crippen LogP contribution in [0.15, 0.2) is 0 Å². The van der Waals surface area contributed by atoms with Crippen LogP contribution in [0.25, 0.3) is 0 Å². The summed E-state index contributed by atoms with van der Waals surface area (Å²) in [6, 6.07) is 0.731. The first-order valence-corrected chi connectivity index (χ1v) is 9.16. The zero-order chi connectivity index (χ0) is 13.3. The molecule has 1 aliphatic carbocycles. The molecular weight excluding hydrogens is 264 g/mol. The molecule has 2 aliphatic heterocycles. The van der Waals surface area contributed by atoms with Gasteiger partial charge in [-0.1, -0.05) is 0 Å². The average molecular weight is 288 g/mol. The van der Waals surface area contributed by atoms with E-state index >= 15 is 0 Å². The van der Waals surface area contributed by atoms with Crippen LogP contribution in [-0.4, -0.2) is 45.0 Å². The fourth-order valence-corrected chi connectivity index (χ4v) is 4.47. The number of unbranched alkanes of at least 4 members (excludes halogenated alkanes) is 1. The number of sulfonamides is 1. The number of rotatable bonds is 8. The highest BCUT2D eigenvalue weighted by Crippen LogP contribution is 2.34. The van der Waals surface area contributed by atoms with Crippen molar-refractivity contribution >= 4 is 10.0 Å². The summed E-state index contributed by atoms with van der Waals surface area (Å²) in [6.45, 7) is 0.942. The Bertz CT molecular complexity index is 408. The second-order valence-corrected chi connectivity index (χ2v) is 7.96. The predicted octanol–water partition coefficient (Wildman–Crippen LogP) is 0.758. The van der Waals surface area contributed by atoms with Crippen LogP contribution >= 0.6 is 0 Å². The highest BCUT2D eigenvalue weighted by atomic mass is 32.2. The maximum Gasteiger partial charge on any atom is 0.211 e. The predicted molar refractivity (Wildman–Crippen MR) is 73.5 cm³/mol. The van der Waals surface area contributed by atoms with Crippen molar-refractivity contribution < 1.29 is 13.2 Å². The smallest absolute Gasteiger partial charge is 0.211 e. The molecule has 0 spiro atoms. The molecular formula is C13H24N2O3S. The van der Waals surface area contributed by atoms with Gasteiger partial charge in [-0.05, 0) is 51.5 Å². The van der Waals surface area contributed by atoms with Gasteiger partial charge in [-0.25, -0.2) is 13.1 Å². The Morgan fingerprint density at radius 2 is 1.95 bits per heavy atom. The second kappa shape index (κ2) is 5.68. The van der Waals surface area contributed by atoms with Gasteiger partial charge in [0, 0.05) is 6.04 Å². The fourth-order valence-electron chi connectivity index (χ4n) is 3.06. The lowest BCUT2D eigenvalue weighted by Crippen LogP contribution is -2.42. The van der Waals surface area contributed by atoms with Gasteiger partial charge in [-0.15, -0.1) is 0 Å². The minimum atomic E-state index is -3.13. The third kappa shape index (κ3) is 3.90. The minimum Gasteiger partial charge on any atom is -0.373 e. The maximum absolute atomic E-state index is 12.0. The van der Waals surface area contributed by atoms with Gasteiger partial charge in [-0.2, -0.15) is 0 Å². The normalized spacial score (nSPS) is 34.0. The molecule has 1 saturated carbocycles. The van der Waals surface area contributed by atoms with Crippen molar-refractivity contribution in [2.24, 2.45) is 0 Å². The summed E-state index contributed by atoms with van der Waals surface area (Å²) in [5, 5.41) is 3.40. The molecule has 2 bridgehead atoms. The Morgan fingerprint density at radius 3 is 2.58 bits per heavy atom. The van der Waals surface area contributed by atoms with Crippen LogP contribution in [0.2, 0.25) is 0 Å². The van der Waals surface area contributed by atoms with Crippen LogP contribution in [0.5, 0.6) is 0 Å². The monoisotopic (exact) mass is 288 g/mol. The third-order valence-corrected chi connectivity index (χ3v) is 5.78. The number of ether oxygens (including phenoxy) is 1. The molecule has 0 aromatic carbocycles. The highest BCUT2D eigenvalue weighted by Gasteiger charge is 2.42.